The van der Waals surface area contributed by atoms with Gasteiger partial charge in [-0.05, 0) is 25.7 Å². The van der Waals surface area contributed by atoms with Gasteiger partial charge in [-0.2, -0.15) is 0 Å². The smallest absolute Gasteiger partial charge is 0.303 e. The summed E-state index contributed by atoms with van der Waals surface area (Å²) in [5.41, 5.74) is 0. The minimum Gasteiger partial charge on any atom is -0.481 e. The van der Waals surface area contributed by atoms with Crippen LogP contribution in [0.4, 0.5) is 0 Å². The maximum absolute atomic E-state index is 9.60. The van der Waals surface area contributed by atoms with Crippen molar-refractivity contribution in [3.8, 4) is 0 Å². The minimum absolute atomic E-state index is 0.292. The zero-order chi connectivity index (χ0) is 12.2. The first-order valence-electron chi connectivity index (χ1n) is 6.53. The molecule has 1 aliphatic carbocycles. The molecule has 0 atom stereocenters. The summed E-state index contributed by atoms with van der Waals surface area (Å²) in [6.07, 6.45) is 14.2. The third-order valence-corrected chi connectivity index (χ3v) is 2.89. The van der Waals surface area contributed by atoms with Crippen molar-refractivity contribution >= 4 is 5.97 Å². The molecular formula is C14H26O2. The van der Waals surface area contributed by atoms with Crippen molar-refractivity contribution in [1.82, 2.24) is 0 Å². The van der Waals surface area contributed by atoms with E-state index < -0.39 is 5.97 Å². The van der Waals surface area contributed by atoms with E-state index in [1.165, 1.54) is 38.5 Å². The Bertz CT molecular complexity index is 191. The lowest BCUT2D eigenvalue weighted by Crippen LogP contribution is -2.04. The fourth-order valence-corrected chi connectivity index (χ4v) is 1.97. The molecule has 0 aromatic heterocycles. The molecule has 1 N–H and O–H groups in total. The highest BCUT2D eigenvalue weighted by Gasteiger charge is 2.10. The van der Waals surface area contributed by atoms with Gasteiger partial charge >= 0.3 is 5.97 Å². The zero-order valence-corrected chi connectivity index (χ0v) is 10.7. The number of carbonyl (C=O) groups is 1. The van der Waals surface area contributed by atoms with Crippen LogP contribution in [-0.2, 0) is 4.79 Å². The van der Waals surface area contributed by atoms with Gasteiger partial charge in [0.1, 0.15) is 0 Å². The van der Waals surface area contributed by atoms with Gasteiger partial charge in [-0.3, -0.25) is 4.79 Å². The summed E-state index contributed by atoms with van der Waals surface area (Å²) in [6.45, 7) is 3.96. The van der Waals surface area contributed by atoms with E-state index in [1.54, 1.807) is 0 Å². The molecule has 1 rings (SSSR count). The van der Waals surface area contributed by atoms with Crippen LogP contribution in [0, 0.1) is 5.92 Å². The number of carboxylic acid groups (broad SMARTS) is 1. The molecule has 0 radical (unpaired) electrons. The first-order chi connectivity index (χ1) is 7.70. The Morgan fingerprint density at radius 3 is 2.31 bits per heavy atom. The van der Waals surface area contributed by atoms with E-state index in [-0.39, 0.29) is 0 Å². The number of allylic oxidation sites excluding steroid dienone is 2. The summed E-state index contributed by atoms with van der Waals surface area (Å²) < 4.78 is 0. The second-order valence-corrected chi connectivity index (χ2v) is 4.45. The van der Waals surface area contributed by atoms with E-state index in [1.807, 2.05) is 6.92 Å². The second kappa shape index (κ2) is 10.7. The summed E-state index contributed by atoms with van der Waals surface area (Å²) >= 11 is 0. The Balaban J connectivity index is 0.000000325. The highest BCUT2D eigenvalue weighted by atomic mass is 16.4. The number of hydrogen-bond acceptors (Lipinski definition) is 1. The van der Waals surface area contributed by atoms with E-state index in [0.717, 1.165) is 12.3 Å². The highest BCUT2D eigenvalue weighted by molar-refractivity contribution is 5.66. The van der Waals surface area contributed by atoms with Gasteiger partial charge in [-0.1, -0.05) is 51.2 Å². The lowest BCUT2D eigenvalue weighted by Gasteiger charge is -2.19. The average molecular weight is 226 g/mol. The van der Waals surface area contributed by atoms with Crippen LogP contribution in [0.3, 0.4) is 0 Å². The monoisotopic (exact) mass is 226 g/mol. The quantitative estimate of drug-likeness (QED) is 0.721. The van der Waals surface area contributed by atoms with Gasteiger partial charge in [0.05, 0.1) is 0 Å². The topological polar surface area (TPSA) is 37.3 Å². The Morgan fingerprint density at radius 2 is 1.94 bits per heavy atom. The van der Waals surface area contributed by atoms with Crippen molar-refractivity contribution < 1.29 is 9.90 Å². The van der Waals surface area contributed by atoms with Crippen LogP contribution in [0.1, 0.15) is 65.2 Å². The number of carboxylic acids is 1. The summed E-state index contributed by atoms with van der Waals surface area (Å²) in [5.74, 6) is 0.308. The summed E-state index contributed by atoms with van der Waals surface area (Å²) in [5, 5.41) is 7.91. The van der Waals surface area contributed by atoms with Crippen LogP contribution in [0.25, 0.3) is 0 Å². The van der Waals surface area contributed by atoms with Gasteiger partial charge in [-0.25, -0.2) is 0 Å². The molecule has 0 aliphatic heterocycles. The van der Waals surface area contributed by atoms with E-state index in [2.05, 4.69) is 19.1 Å². The molecule has 0 saturated heterocycles. The normalized spacial score (nSPS) is 16.9. The van der Waals surface area contributed by atoms with E-state index >= 15 is 0 Å². The predicted molar refractivity (Wildman–Crippen MR) is 68.5 cm³/mol. The van der Waals surface area contributed by atoms with Gasteiger partial charge < -0.3 is 5.11 Å². The van der Waals surface area contributed by atoms with Crippen molar-refractivity contribution in [3.63, 3.8) is 0 Å². The maximum atomic E-state index is 9.60. The fraction of sp³-hybridized carbons (Fsp3) is 0.786. The zero-order valence-electron chi connectivity index (χ0n) is 10.7. The van der Waals surface area contributed by atoms with Gasteiger partial charge in [-0.15, -0.1) is 0 Å². The number of hydrogen-bond donors (Lipinski definition) is 1. The lowest BCUT2D eigenvalue weighted by molar-refractivity contribution is -0.137. The predicted octanol–water partition coefficient (Wildman–Crippen LogP) is 4.40. The summed E-state index contributed by atoms with van der Waals surface area (Å²) in [7, 11) is 0. The van der Waals surface area contributed by atoms with Crippen LogP contribution in [0.15, 0.2) is 12.2 Å². The standard InChI is InChI=1S/C10H18.C4H8O2/c1-2-3-7-10-8-5-4-6-9-10;1-2-3-4(5)6/h2-3,10H,4-9H2,1H3;2-3H2,1H3,(H,5,6)/b3-2+;. The fourth-order valence-electron chi connectivity index (χ4n) is 1.97. The van der Waals surface area contributed by atoms with Gasteiger partial charge in [0.25, 0.3) is 0 Å². The molecule has 1 aliphatic rings. The Labute approximate surface area is 99.7 Å². The van der Waals surface area contributed by atoms with Crippen molar-refractivity contribution in [1.29, 1.82) is 0 Å². The largest absolute Gasteiger partial charge is 0.481 e. The highest BCUT2D eigenvalue weighted by Crippen LogP contribution is 2.26. The molecule has 0 aromatic rings. The Kier molecular flexibility index (Phi) is 10.2. The molecule has 2 nitrogen and oxygen atoms in total. The Morgan fingerprint density at radius 1 is 1.31 bits per heavy atom. The van der Waals surface area contributed by atoms with Crippen LogP contribution >= 0.6 is 0 Å². The number of rotatable bonds is 4. The molecule has 0 bridgehead atoms. The van der Waals surface area contributed by atoms with E-state index in [4.69, 9.17) is 5.11 Å². The molecule has 2 heteroatoms. The third-order valence-electron chi connectivity index (χ3n) is 2.89. The molecule has 16 heavy (non-hydrogen) atoms. The molecule has 0 spiro atoms. The second-order valence-electron chi connectivity index (χ2n) is 4.45. The van der Waals surface area contributed by atoms with Crippen LogP contribution in [-0.4, -0.2) is 11.1 Å². The van der Waals surface area contributed by atoms with E-state index in [0.29, 0.717) is 6.42 Å². The first kappa shape index (κ1) is 15.2. The summed E-state index contributed by atoms with van der Waals surface area (Å²) in [4.78, 5) is 9.60. The van der Waals surface area contributed by atoms with Crippen molar-refractivity contribution in [2.75, 3.05) is 0 Å². The van der Waals surface area contributed by atoms with Crippen molar-refractivity contribution in [2.24, 2.45) is 5.92 Å². The Hall–Kier alpha value is -0.790. The minimum atomic E-state index is -0.711. The lowest BCUT2D eigenvalue weighted by atomic mass is 9.87. The molecule has 1 fully saturated rings. The van der Waals surface area contributed by atoms with Gasteiger partial charge in [0, 0.05) is 6.42 Å². The van der Waals surface area contributed by atoms with Crippen LogP contribution in [0.5, 0.6) is 0 Å². The maximum Gasteiger partial charge on any atom is 0.303 e. The molecule has 0 unspecified atom stereocenters. The average Bonchev–Trinajstić information content (AvgIpc) is 2.28. The van der Waals surface area contributed by atoms with E-state index in [9.17, 15) is 4.79 Å². The van der Waals surface area contributed by atoms with Crippen LogP contribution in [0.2, 0.25) is 0 Å². The SMILES string of the molecule is C/C=C/CC1CCCCC1.CCCC(=O)O. The summed E-state index contributed by atoms with van der Waals surface area (Å²) in [6, 6.07) is 0. The van der Waals surface area contributed by atoms with Crippen molar-refractivity contribution in [3.05, 3.63) is 12.2 Å². The molecule has 94 valence electrons. The van der Waals surface area contributed by atoms with Gasteiger partial charge in [0.2, 0.25) is 0 Å². The molecule has 0 heterocycles. The van der Waals surface area contributed by atoms with Gasteiger partial charge in [0.15, 0.2) is 0 Å². The van der Waals surface area contributed by atoms with Crippen molar-refractivity contribution in [2.45, 2.75) is 65.2 Å². The number of aliphatic carboxylic acids is 1. The molecular weight excluding hydrogens is 200 g/mol. The molecule has 0 amide bonds. The molecule has 1 saturated carbocycles. The molecule has 0 aromatic carbocycles. The third kappa shape index (κ3) is 9.75. The van der Waals surface area contributed by atoms with Crippen LogP contribution < -0.4 is 0 Å². The first-order valence-corrected chi connectivity index (χ1v) is 6.53.